The van der Waals surface area contributed by atoms with Crippen LogP contribution >= 0.6 is 11.3 Å². The summed E-state index contributed by atoms with van der Waals surface area (Å²) in [5, 5.41) is 3.94. The van der Waals surface area contributed by atoms with Crippen LogP contribution in [0.4, 0.5) is 0 Å². The molecule has 3 N–H and O–H groups in total. The lowest BCUT2D eigenvalue weighted by Crippen LogP contribution is -2.38. The first kappa shape index (κ1) is 20.2. The molecule has 1 aliphatic heterocycles. The van der Waals surface area contributed by atoms with Crippen LogP contribution in [-0.4, -0.2) is 49.3 Å². The fourth-order valence-electron chi connectivity index (χ4n) is 4.15. The third kappa shape index (κ3) is 3.97. The molecule has 0 spiro atoms. The number of nitrogens with one attached hydrogen (secondary N) is 1. The minimum atomic E-state index is -0.0529. The van der Waals surface area contributed by atoms with Crippen LogP contribution in [0.5, 0.6) is 5.75 Å². The van der Waals surface area contributed by atoms with E-state index in [-0.39, 0.29) is 5.56 Å². The molecule has 6 nitrogen and oxygen atoms in total. The third-order valence-electron chi connectivity index (χ3n) is 5.80. The number of H-pyrrole nitrogens is 1. The van der Waals surface area contributed by atoms with Crippen molar-refractivity contribution < 1.29 is 9.47 Å². The number of fused-ring (bicyclic) bond motifs is 3. The van der Waals surface area contributed by atoms with E-state index in [0.717, 1.165) is 76.3 Å². The first-order chi connectivity index (χ1) is 15.2. The number of pyridine rings is 1. The van der Waals surface area contributed by atoms with Gasteiger partial charge in [0.15, 0.2) is 0 Å². The monoisotopic (exact) mass is 435 g/mol. The minimum Gasteiger partial charge on any atom is -0.492 e. The number of morpholine rings is 1. The molecule has 7 heteroatoms. The van der Waals surface area contributed by atoms with Crippen LogP contribution in [-0.2, 0) is 11.3 Å². The number of ether oxygens (including phenoxy) is 2. The number of benzene rings is 2. The normalized spacial score (nSPS) is 15.0. The second-order valence-corrected chi connectivity index (χ2v) is 8.60. The van der Waals surface area contributed by atoms with E-state index < -0.39 is 0 Å². The van der Waals surface area contributed by atoms with Gasteiger partial charge in [0.05, 0.1) is 13.2 Å². The Kier molecular flexibility index (Phi) is 5.74. The Labute approximate surface area is 184 Å². The number of thiophene rings is 1. The van der Waals surface area contributed by atoms with Gasteiger partial charge in [0.1, 0.15) is 17.1 Å². The summed E-state index contributed by atoms with van der Waals surface area (Å²) in [5.74, 6) is 0.820. The number of hydrogen-bond donors (Lipinski definition) is 2. The molecule has 1 aliphatic rings. The van der Waals surface area contributed by atoms with Crippen LogP contribution in [0.15, 0.2) is 52.6 Å². The molecule has 0 atom stereocenters. The van der Waals surface area contributed by atoms with Crippen molar-refractivity contribution in [2.45, 2.75) is 6.54 Å². The first-order valence-corrected chi connectivity index (χ1v) is 11.4. The Morgan fingerprint density at radius 1 is 1.10 bits per heavy atom. The number of hydrogen-bond acceptors (Lipinski definition) is 6. The quantitative estimate of drug-likeness (QED) is 0.484. The highest BCUT2D eigenvalue weighted by molar-refractivity contribution is 7.17. The van der Waals surface area contributed by atoms with E-state index in [1.54, 1.807) is 0 Å². The highest BCUT2D eigenvalue weighted by Crippen LogP contribution is 2.40. The molecule has 3 heterocycles. The highest BCUT2D eigenvalue weighted by Gasteiger charge is 2.17. The van der Waals surface area contributed by atoms with Gasteiger partial charge in [-0.25, -0.2) is 0 Å². The van der Waals surface area contributed by atoms with Crippen molar-refractivity contribution in [1.29, 1.82) is 0 Å². The summed E-state index contributed by atoms with van der Waals surface area (Å²) in [4.78, 5) is 17.9. The molecule has 31 heavy (non-hydrogen) atoms. The molecule has 160 valence electrons. The highest BCUT2D eigenvalue weighted by atomic mass is 32.1. The van der Waals surface area contributed by atoms with Crippen molar-refractivity contribution in [2.24, 2.45) is 5.73 Å². The van der Waals surface area contributed by atoms with E-state index in [9.17, 15) is 4.79 Å². The Bertz CT molecular complexity index is 1260. The smallest absolute Gasteiger partial charge is 0.266 e. The van der Waals surface area contributed by atoms with E-state index in [0.29, 0.717) is 13.2 Å². The number of aromatic nitrogens is 1. The molecule has 0 saturated carbocycles. The van der Waals surface area contributed by atoms with Gasteiger partial charge in [-0.05, 0) is 34.7 Å². The van der Waals surface area contributed by atoms with Crippen LogP contribution < -0.4 is 16.0 Å². The van der Waals surface area contributed by atoms with Crippen molar-refractivity contribution in [3.05, 3.63) is 63.8 Å². The fraction of sp³-hybridized carbons (Fsp3) is 0.292. The molecule has 0 unspecified atom stereocenters. The zero-order chi connectivity index (χ0) is 21.2. The van der Waals surface area contributed by atoms with E-state index >= 15 is 0 Å². The number of nitrogens with zero attached hydrogens (tertiary/aromatic N) is 1. The average molecular weight is 436 g/mol. The third-order valence-corrected chi connectivity index (χ3v) is 6.72. The molecular weight excluding hydrogens is 410 g/mol. The Morgan fingerprint density at radius 3 is 2.68 bits per heavy atom. The Balaban J connectivity index is 1.60. The molecule has 0 amide bonds. The summed E-state index contributed by atoms with van der Waals surface area (Å²) in [6.45, 7) is 5.37. The standard InChI is InChI=1S/C24H25N3O3S/c25-15-16-1-3-17(4-2-16)21-20(30-13-10-27-8-11-29-12-9-27)6-5-19-22(21)18-7-14-31-23(18)24(28)26-19/h1-7,14H,8-13,15,25H2,(H,26,28). The molecule has 0 radical (unpaired) electrons. The lowest BCUT2D eigenvalue weighted by molar-refractivity contribution is 0.0323. The molecule has 4 aromatic rings. The maximum atomic E-state index is 12.5. The lowest BCUT2D eigenvalue weighted by atomic mass is 9.96. The van der Waals surface area contributed by atoms with Crippen LogP contribution in [0, 0.1) is 0 Å². The van der Waals surface area contributed by atoms with Gasteiger partial charge < -0.3 is 20.2 Å². The predicted molar refractivity (Wildman–Crippen MR) is 126 cm³/mol. The van der Waals surface area contributed by atoms with Crippen LogP contribution in [0.25, 0.3) is 32.1 Å². The topological polar surface area (TPSA) is 80.6 Å². The molecule has 1 saturated heterocycles. The van der Waals surface area contributed by atoms with E-state index in [2.05, 4.69) is 22.0 Å². The average Bonchev–Trinajstić information content (AvgIpc) is 3.31. The van der Waals surface area contributed by atoms with Crippen molar-refractivity contribution in [3.8, 4) is 16.9 Å². The molecular formula is C24H25N3O3S. The van der Waals surface area contributed by atoms with Gasteiger partial charge in [-0.15, -0.1) is 11.3 Å². The van der Waals surface area contributed by atoms with E-state index in [4.69, 9.17) is 15.2 Å². The maximum absolute atomic E-state index is 12.5. The minimum absolute atomic E-state index is 0.0529. The zero-order valence-corrected chi connectivity index (χ0v) is 18.0. The summed E-state index contributed by atoms with van der Waals surface area (Å²) < 4.78 is 12.5. The number of aromatic amines is 1. The largest absolute Gasteiger partial charge is 0.492 e. The van der Waals surface area contributed by atoms with Gasteiger partial charge in [0, 0.05) is 48.0 Å². The second kappa shape index (κ2) is 8.80. The van der Waals surface area contributed by atoms with Crippen LogP contribution in [0.2, 0.25) is 0 Å². The van der Waals surface area contributed by atoms with Crippen molar-refractivity contribution >= 4 is 32.3 Å². The fourth-order valence-corrected chi connectivity index (χ4v) is 4.95. The molecule has 0 bridgehead atoms. The molecule has 0 aliphatic carbocycles. The van der Waals surface area contributed by atoms with Gasteiger partial charge >= 0.3 is 0 Å². The summed E-state index contributed by atoms with van der Waals surface area (Å²) in [6, 6.07) is 14.2. The van der Waals surface area contributed by atoms with Crippen LogP contribution in [0.3, 0.4) is 0 Å². The van der Waals surface area contributed by atoms with Gasteiger partial charge in [0.25, 0.3) is 5.56 Å². The SMILES string of the molecule is NCc1ccc(-c2c(OCCN3CCOCC3)ccc3[nH]c(=O)c4sccc4c23)cc1. The molecule has 2 aromatic heterocycles. The Hall–Kier alpha value is -2.71. The molecule has 5 rings (SSSR count). The molecule has 2 aromatic carbocycles. The number of nitrogens with two attached hydrogens (primary N) is 1. The van der Waals surface area contributed by atoms with Crippen LogP contribution in [0.1, 0.15) is 5.56 Å². The first-order valence-electron chi connectivity index (χ1n) is 10.5. The van der Waals surface area contributed by atoms with Crippen molar-refractivity contribution in [2.75, 3.05) is 39.5 Å². The van der Waals surface area contributed by atoms with Gasteiger partial charge in [0.2, 0.25) is 0 Å². The lowest BCUT2D eigenvalue weighted by Gasteiger charge is -2.26. The summed E-state index contributed by atoms with van der Waals surface area (Å²) in [5.41, 5.74) is 9.68. The van der Waals surface area contributed by atoms with Gasteiger partial charge in [-0.1, -0.05) is 24.3 Å². The summed E-state index contributed by atoms with van der Waals surface area (Å²) in [7, 11) is 0. The second-order valence-electron chi connectivity index (χ2n) is 7.68. The maximum Gasteiger partial charge on any atom is 0.266 e. The Morgan fingerprint density at radius 2 is 1.90 bits per heavy atom. The van der Waals surface area contributed by atoms with E-state index in [1.165, 1.54) is 11.3 Å². The predicted octanol–water partition coefficient (Wildman–Crippen LogP) is 3.58. The molecule has 1 fully saturated rings. The van der Waals surface area contributed by atoms with Crippen molar-refractivity contribution in [1.82, 2.24) is 9.88 Å². The van der Waals surface area contributed by atoms with Crippen molar-refractivity contribution in [3.63, 3.8) is 0 Å². The van der Waals surface area contributed by atoms with E-state index in [1.807, 2.05) is 35.7 Å². The summed E-state index contributed by atoms with van der Waals surface area (Å²) in [6.07, 6.45) is 0. The zero-order valence-electron chi connectivity index (χ0n) is 17.2. The summed E-state index contributed by atoms with van der Waals surface area (Å²) >= 11 is 1.46. The van der Waals surface area contributed by atoms with Gasteiger partial charge in [-0.3, -0.25) is 9.69 Å². The van der Waals surface area contributed by atoms with Gasteiger partial charge in [-0.2, -0.15) is 0 Å². The number of rotatable bonds is 6.